The van der Waals surface area contributed by atoms with Crippen molar-refractivity contribution in [3.8, 4) is 28.7 Å². The average Bonchev–Trinajstić information content (AvgIpc) is 2.66. The highest BCUT2D eigenvalue weighted by atomic mass is 16.5. The first kappa shape index (κ1) is 18.7. The Balaban J connectivity index is 2.24. The summed E-state index contributed by atoms with van der Waals surface area (Å²) in [6.45, 7) is 0.921. The number of rotatable bonds is 9. The van der Waals surface area contributed by atoms with Crippen molar-refractivity contribution in [3.63, 3.8) is 0 Å². The number of methoxy groups -OCH3 is 4. The average molecular weight is 347 g/mol. The Bertz CT molecular complexity index is 702. The molecule has 0 aliphatic carbocycles. The molecule has 136 valence electrons. The van der Waals surface area contributed by atoms with E-state index in [0.29, 0.717) is 41.9 Å². The predicted octanol–water partition coefficient (Wildman–Crippen LogP) is 2.80. The molecule has 0 fully saturated rings. The molecule has 2 N–H and O–H groups in total. The molecular weight excluding hydrogens is 322 g/mol. The summed E-state index contributed by atoms with van der Waals surface area (Å²) in [5, 5.41) is 0. The minimum absolute atomic E-state index is 0.380. The van der Waals surface area contributed by atoms with Crippen LogP contribution in [0, 0.1) is 0 Å². The topological polar surface area (TPSA) is 72.2 Å². The Hall–Kier alpha value is -2.60. The monoisotopic (exact) mass is 347 g/mol. The molecule has 2 rings (SSSR count). The van der Waals surface area contributed by atoms with Crippen LogP contribution < -0.4 is 29.4 Å². The Morgan fingerprint density at radius 2 is 1.28 bits per heavy atom. The zero-order valence-electron chi connectivity index (χ0n) is 15.1. The van der Waals surface area contributed by atoms with Crippen LogP contribution in [0.25, 0.3) is 0 Å². The van der Waals surface area contributed by atoms with Crippen LogP contribution in [-0.4, -0.2) is 35.0 Å². The Kier molecular flexibility index (Phi) is 6.77. The van der Waals surface area contributed by atoms with Crippen molar-refractivity contribution in [1.82, 2.24) is 0 Å². The minimum atomic E-state index is 0.380. The van der Waals surface area contributed by atoms with Gasteiger partial charge in [0.25, 0.3) is 0 Å². The number of nitrogens with two attached hydrogens (primary N) is 1. The molecule has 0 amide bonds. The number of hydrogen-bond donors (Lipinski definition) is 1. The summed E-state index contributed by atoms with van der Waals surface area (Å²) in [5.74, 6) is 3.31. The van der Waals surface area contributed by atoms with Gasteiger partial charge >= 0.3 is 0 Å². The summed E-state index contributed by atoms with van der Waals surface area (Å²) in [5.41, 5.74) is 7.79. The van der Waals surface area contributed by atoms with E-state index in [-0.39, 0.29) is 0 Å². The summed E-state index contributed by atoms with van der Waals surface area (Å²) >= 11 is 0. The van der Waals surface area contributed by atoms with Gasteiger partial charge < -0.3 is 29.4 Å². The van der Waals surface area contributed by atoms with Gasteiger partial charge in [-0.25, -0.2) is 0 Å². The molecule has 25 heavy (non-hydrogen) atoms. The molecule has 6 heteroatoms. The smallest absolute Gasteiger partial charge is 0.164 e. The minimum Gasteiger partial charge on any atom is -0.493 e. The molecule has 0 aliphatic rings. The van der Waals surface area contributed by atoms with Crippen molar-refractivity contribution >= 4 is 0 Å². The van der Waals surface area contributed by atoms with Crippen LogP contribution in [0.2, 0.25) is 0 Å². The van der Waals surface area contributed by atoms with Gasteiger partial charge in [-0.15, -0.1) is 0 Å². The maximum absolute atomic E-state index is 5.92. The van der Waals surface area contributed by atoms with Crippen LogP contribution in [0.1, 0.15) is 11.1 Å². The first-order valence-corrected chi connectivity index (χ1v) is 7.95. The number of hydrogen-bond acceptors (Lipinski definition) is 6. The second-order valence-electron chi connectivity index (χ2n) is 5.32. The molecule has 0 bridgehead atoms. The normalized spacial score (nSPS) is 10.3. The van der Waals surface area contributed by atoms with Crippen LogP contribution in [0.15, 0.2) is 30.3 Å². The molecule has 6 nitrogen and oxygen atoms in total. The van der Waals surface area contributed by atoms with E-state index in [4.69, 9.17) is 29.4 Å². The van der Waals surface area contributed by atoms with E-state index < -0.39 is 0 Å². The van der Waals surface area contributed by atoms with E-state index in [1.165, 1.54) is 0 Å². The van der Waals surface area contributed by atoms with E-state index in [0.717, 1.165) is 17.5 Å². The maximum Gasteiger partial charge on any atom is 0.164 e. The highest BCUT2D eigenvalue weighted by Crippen LogP contribution is 2.33. The second-order valence-corrected chi connectivity index (χ2v) is 5.32. The van der Waals surface area contributed by atoms with Gasteiger partial charge in [0.1, 0.15) is 12.4 Å². The van der Waals surface area contributed by atoms with Gasteiger partial charge in [0.2, 0.25) is 0 Å². The van der Waals surface area contributed by atoms with Gasteiger partial charge in [0.05, 0.1) is 28.4 Å². The van der Waals surface area contributed by atoms with Gasteiger partial charge in [-0.3, -0.25) is 0 Å². The zero-order valence-corrected chi connectivity index (χ0v) is 15.1. The maximum atomic E-state index is 5.92. The number of benzene rings is 2. The van der Waals surface area contributed by atoms with Crippen LogP contribution in [0.4, 0.5) is 0 Å². The summed E-state index contributed by atoms with van der Waals surface area (Å²) < 4.78 is 27.2. The fraction of sp³-hybridized carbons (Fsp3) is 0.368. The lowest BCUT2D eigenvalue weighted by molar-refractivity contribution is 0.297. The first-order chi connectivity index (χ1) is 12.2. The molecule has 0 spiro atoms. The third-order valence-corrected chi connectivity index (χ3v) is 3.87. The van der Waals surface area contributed by atoms with Gasteiger partial charge in [-0.1, -0.05) is 0 Å². The first-order valence-electron chi connectivity index (χ1n) is 7.95. The van der Waals surface area contributed by atoms with E-state index >= 15 is 0 Å². The Morgan fingerprint density at radius 3 is 1.84 bits per heavy atom. The number of ether oxygens (including phenoxy) is 5. The summed E-state index contributed by atoms with van der Waals surface area (Å²) in [7, 11) is 6.42. The SMILES string of the molecule is COc1ccc(OCc2cc(OC)c(OC)cc2CCN)cc1OC. The molecule has 0 heterocycles. The van der Waals surface area contributed by atoms with Gasteiger partial charge in [0, 0.05) is 6.07 Å². The lowest BCUT2D eigenvalue weighted by Gasteiger charge is -2.16. The van der Waals surface area contributed by atoms with Crippen LogP contribution >= 0.6 is 0 Å². The lowest BCUT2D eigenvalue weighted by Crippen LogP contribution is -2.08. The summed E-state index contributed by atoms with van der Waals surface area (Å²) in [6, 6.07) is 9.31. The molecule has 0 saturated heterocycles. The molecule has 0 radical (unpaired) electrons. The summed E-state index contributed by atoms with van der Waals surface area (Å²) in [4.78, 5) is 0. The van der Waals surface area contributed by atoms with E-state index in [1.54, 1.807) is 34.5 Å². The fourth-order valence-corrected chi connectivity index (χ4v) is 2.55. The third-order valence-electron chi connectivity index (χ3n) is 3.87. The van der Waals surface area contributed by atoms with Crippen molar-refractivity contribution in [2.24, 2.45) is 5.73 Å². The van der Waals surface area contributed by atoms with E-state index in [2.05, 4.69) is 0 Å². The molecule has 0 atom stereocenters. The van der Waals surface area contributed by atoms with E-state index in [1.807, 2.05) is 24.3 Å². The molecule has 0 aromatic heterocycles. The van der Waals surface area contributed by atoms with Crippen molar-refractivity contribution in [2.75, 3.05) is 35.0 Å². The molecule has 2 aromatic carbocycles. The van der Waals surface area contributed by atoms with Crippen molar-refractivity contribution < 1.29 is 23.7 Å². The largest absolute Gasteiger partial charge is 0.493 e. The van der Waals surface area contributed by atoms with Crippen LogP contribution in [-0.2, 0) is 13.0 Å². The van der Waals surface area contributed by atoms with Crippen molar-refractivity contribution in [3.05, 3.63) is 41.5 Å². The van der Waals surface area contributed by atoms with Gasteiger partial charge in [-0.2, -0.15) is 0 Å². The lowest BCUT2D eigenvalue weighted by atomic mass is 10.0. The molecule has 0 unspecified atom stereocenters. The quantitative estimate of drug-likeness (QED) is 0.752. The molecular formula is C19H25NO5. The van der Waals surface area contributed by atoms with Crippen molar-refractivity contribution in [2.45, 2.75) is 13.0 Å². The highest BCUT2D eigenvalue weighted by molar-refractivity contribution is 5.48. The third kappa shape index (κ3) is 4.48. The van der Waals surface area contributed by atoms with Crippen LogP contribution in [0.5, 0.6) is 28.7 Å². The predicted molar refractivity (Wildman–Crippen MR) is 96.2 cm³/mol. The van der Waals surface area contributed by atoms with E-state index in [9.17, 15) is 0 Å². The Labute approximate surface area is 148 Å². The van der Waals surface area contributed by atoms with Crippen LogP contribution in [0.3, 0.4) is 0 Å². The molecule has 0 saturated carbocycles. The van der Waals surface area contributed by atoms with Crippen molar-refractivity contribution in [1.29, 1.82) is 0 Å². The fourth-order valence-electron chi connectivity index (χ4n) is 2.55. The zero-order chi connectivity index (χ0) is 18.2. The molecule has 2 aromatic rings. The second kappa shape index (κ2) is 9.03. The van der Waals surface area contributed by atoms with Gasteiger partial charge in [0.15, 0.2) is 23.0 Å². The Morgan fingerprint density at radius 1 is 0.720 bits per heavy atom. The summed E-state index contributed by atoms with van der Waals surface area (Å²) in [6.07, 6.45) is 0.727. The standard InChI is InChI=1S/C19H25NO5/c1-21-16-6-5-15(11-19(16)24-4)25-12-14-10-18(23-3)17(22-2)9-13(14)7-8-20/h5-6,9-11H,7-8,12,20H2,1-4H3. The highest BCUT2D eigenvalue weighted by Gasteiger charge is 2.12. The van der Waals surface area contributed by atoms with Gasteiger partial charge in [-0.05, 0) is 48.4 Å². The molecule has 0 aliphatic heterocycles.